The van der Waals surface area contributed by atoms with Crippen molar-refractivity contribution in [3.63, 3.8) is 0 Å². The summed E-state index contributed by atoms with van der Waals surface area (Å²) >= 11 is 0. The molecule has 3 rings (SSSR count). The molecule has 0 aliphatic carbocycles. The molecule has 0 heteroatoms. The summed E-state index contributed by atoms with van der Waals surface area (Å²) in [4.78, 5) is 0. The van der Waals surface area contributed by atoms with E-state index >= 15 is 0 Å². The van der Waals surface area contributed by atoms with E-state index in [0.29, 0.717) is 0 Å². The summed E-state index contributed by atoms with van der Waals surface area (Å²) in [6.45, 7) is 0. The molecule has 0 saturated carbocycles. The highest BCUT2D eigenvalue weighted by molar-refractivity contribution is 5.63. The predicted molar refractivity (Wildman–Crippen MR) is 95.7 cm³/mol. The van der Waals surface area contributed by atoms with Crippen LogP contribution in [0.3, 0.4) is 0 Å². The fourth-order valence-corrected chi connectivity index (χ4v) is 2.53. The molecule has 108 valence electrons. The Balaban J connectivity index is 1.57. The van der Waals surface area contributed by atoms with Gasteiger partial charge in [-0.15, -0.1) is 0 Å². The first-order valence-electron chi connectivity index (χ1n) is 7.78. The van der Waals surface area contributed by atoms with Crippen LogP contribution in [0, 0.1) is 0 Å². The summed E-state index contributed by atoms with van der Waals surface area (Å²) in [5.74, 6) is 0. The van der Waals surface area contributed by atoms with Crippen molar-refractivity contribution in [3.05, 3.63) is 102 Å². The Morgan fingerprint density at radius 2 is 1.18 bits per heavy atom. The van der Waals surface area contributed by atoms with Gasteiger partial charge >= 0.3 is 0 Å². The maximum atomic E-state index is 2.25. The van der Waals surface area contributed by atoms with Gasteiger partial charge in [0.1, 0.15) is 0 Å². The lowest BCUT2D eigenvalue weighted by atomic mass is 10.0. The summed E-state index contributed by atoms with van der Waals surface area (Å²) in [5.41, 5.74) is 5.21. The molecule has 0 atom stereocenters. The Bertz CT molecular complexity index is 707. The first kappa shape index (κ1) is 14.3. The molecule has 3 aromatic carbocycles. The van der Waals surface area contributed by atoms with Gasteiger partial charge in [-0.2, -0.15) is 0 Å². The van der Waals surface area contributed by atoms with Crippen molar-refractivity contribution < 1.29 is 0 Å². The molecule has 0 nitrogen and oxygen atoms in total. The minimum Gasteiger partial charge on any atom is -0.0836 e. The van der Waals surface area contributed by atoms with Crippen LogP contribution in [0.5, 0.6) is 0 Å². The van der Waals surface area contributed by atoms with Crippen molar-refractivity contribution in [3.8, 4) is 11.1 Å². The van der Waals surface area contributed by atoms with Crippen molar-refractivity contribution in [2.75, 3.05) is 0 Å². The normalized spacial score (nSPS) is 10.9. The van der Waals surface area contributed by atoms with E-state index in [0.717, 1.165) is 12.8 Å². The second-order valence-electron chi connectivity index (χ2n) is 5.41. The number of allylic oxidation sites excluding steroid dienone is 1. The summed E-state index contributed by atoms with van der Waals surface area (Å²) < 4.78 is 0. The molecule has 0 aromatic heterocycles. The summed E-state index contributed by atoms with van der Waals surface area (Å²) in [7, 11) is 0. The third-order valence-electron chi connectivity index (χ3n) is 3.77. The number of benzene rings is 3. The zero-order chi connectivity index (χ0) is 15.0. The smallest absolute Gasteiger partial charge is 0.0184 e. The Hall–Kier alpha value is -2.60. The van der Waals surface area contributed by atoms with Crippen LogP contribution >= 0.6 is 0 Å². The Labute approximate surface area is 132 Å². The second kappa shape index (κ2) is 7.42. The Morgan fingerprint density at radius 1 is 0.591 bits per heavy atom. The molecule has 22 heavy (non-hydrogen) atoms. The molecule has 0 amide bonds. The van der Waals surface area contributed by atoms with Crippen LogP contribution in [0.2, 0.25) is 0 Å². The van der Waals surface area contributed by atoms with Gasteiger partial charge in [-0.1, -0.05) is 97.1 Å². The monoisotopic (exact) mass is 284 g/mol. The summed E-state index contributed by atoms with van der Waals surface area (Å²) in [6, 6.07) is 29.9. The first-order valence-corrected chi connectivity index (χ1v) is 7.78. The van der Waals surface area contributed by atoms with Gasteiger partial charge in [0.2, 0.25) is 0 Å². The molecule has 0 aliphatic heterocycles. The maximum Gasteiger partial charge on any atom is -0.0184 e. The topological polar surface area (TPSA) is 0 Å². The average Bonchev–Trinajstić information content (AvgIpc) is 2.61. The minimum absolute atomic E-state index is 1.07. The van der Waals surface area contributed by atoms with E-state index in [9.17, 15) is 0 Å². The van der Waals surface area contributed by atoms with Gasteiger partial charge in [0.15, 0.2) is 0 Å². The molecule has 0 unspecified atom stereocenters. The standard InChI is InChI=1S/C22H20/c1-3-9-19(10-4-1)11-7-8-12-20-15-17-22(18-16-20)21-13-5-2-6-14-21/h1-7,9-11,13-18H,8,12H2. The van der Waals surface area contributed by atoms with Crippen LogP contribution in [-0.4, -0.2) is 0 Å². The number of rotatable bonds is 5. The highest BCUT2D eigenvalue weighted by atomic mass is 14.0. The SMILES string of the molecule is C(=Cc1ccccc1)CCc1ccc(-c2ccccc2)cc1. The van der Waals surface area contributed by atoms with E-state index in [1.165, 1.54) is 22.3 Å². The molecule has 0 saturated heterocycles. The van der Waals surface area contributed by atoms with Gasteiger partial charge in [0, 0.05) is 0 Å². The van der Waals surface area contributed by atoms with Gasteiger partial charge in [0.05, 0.1) is 0 Å². The Morgan fingerprint density at radius 3 is 1.86 bits per heavy atom. The first-order chi connectivity index (χ1) is 10.9. The molecule has 0 aliphatic rings. The highest BCUT2D eigenvalue weighted by Crippen LogP contribution is 2.19. The van der Waals surface area contributed by atoms with Gasteiger partial charge in [-0.3, -0.25) is 0 Å². The van der Waals surface area contributed by atoms with Crippen molar-refractivity contribution in [1.82, 2.24) is 0 Å². The minimum atomic E-state index is 1.07. The molecule has 0 fully saturated rings. The lowest BCUT2D eigenvalue weighted by Gasteiger charge is -2.03. The summed E-state index contributed by atoms with van der Waals surface area (Å²) in [6.07, 6.45) is 6.59. The van der Waals surface area contributed by atoms with Crippen LogP contribution in [0.15, 0.2) is 91.0 Å². The van der Waals surface area contributed by atoms with Crippen LogP contribution in [0.25, 0.3) is 17.2 Å². The van der Waals surface area contributed by atoms with E-state index in [1.807, 2.05) is 6.07 Å². The van der Waals surface area contributed by atoms with Gasteiger partial charge in [-0.25, -0.2) is 0 Å². The van der Waals surface area contributed by atoms with Crippen LogP contribution in [0.1, 0.15) is 17.5 Å². The van der Waals surface area contributed by atoms with Crippen molar-refractivity contribution in [2.45, 2.75) is 12.8 Å². The van der Waals surface area contributed by atoms with Crippen LogP contribution < -0.4 is 0 Å². The van der Waals surface area contributed by atoms with Crippen molar-refractivity contribution in [2.24, 2.45) is 0 Å². The number of hydrogen-bond acceptors (Lipinski definition) is 0. The lowest BCUT2D eigenvalue weighted by Crippen LogP contribution is -1.84. The maximum absolute atomic E-state index is 2.25. The van der Waals surface area contributed by atoms with E-state index in [1.54, 1.807) is 0 Å². The van der Waals surface area contributed by atoms with E-state index < -0.39 is 0 Å². The third-order valence-corrected chi connectivity index (χ3v) is 3.77. The second-order valence-corrected chi connectivity index (χ2v) is 5.41. The predicted octanol–water partition coefficient (Wildman–Crippen LogP) is 6.00. The molecule has 0 heterocycles. The van der Waals surface area contributed by atoms with E-state index in [4.69, 9.17) is 0 Å². The van der Waals surface area contributed by atoms with Gasteiger partial charge in [-0.05, 0) is 35.1 Å². The third kappa shape index (κ3) is 3.95. The fraction of sp³-hybridized carbons (Fsp3) is 0.0909. The highest BCUT2D eigenvalue weighted by Gasteiger charge is 1.97. The fourth-order valence-electron chi connectivity index (χ4n) is 2.53. The lowest BCUT2D eigenvalue weighted by molar-refractivity contribution is 1.01. The molecule has 0 radical (unpaired) electrons. The van der Waals surface area contributed by atoms with Crippen LogP contribution in [0.4, 0.5) is 0 Å². The van der Waals surface area contributed by atoms with Gasteiger partial charge < -0.3 is 0 Å². The van der Waals surface area contributed by atoms with E-state index in [-0.39, 0.29) is 0 Å². The number of aryl methyl sites for hydroxylation is 1. The van der Waals surface area contributed by atoms with Crippen LogP contribution in [-0.2, 0) is 6.42 Å². The summed E-state index contributed by atoms with van der Waals surface area (Å²) in [5, 5.41) is 0. The molecule has 0 spiro atoms. The molecular weight excluding hydrogens is 264 g/mol. The Kier molecular flexibility index (Phi) is 4.84. The zero-order valence-electron chi connectivity index (χ0n) is 12.7. The van der Waals surface area contributed by atoms with E-state index in [2.05, 4.69) is 91.0 Å². The largest absolute Gasteiger partial charge is 0.0836 e. The zero-order valence-corrected chi connectivity index (χ0v) is 12.7. The van der Waals surface area contributed by atoms with Crippen molar-refractivity contribution in [1.29, 1.82) is 0 Å². The molecule has 0 N–H and O–H groups in total. The average molecular weight is 284 g/mol. The molecule has 0 bridgehead atoms. The number of hydrogen-bond donors (Lipinski definition) is 0. The van der Waals surface area contributed by atoms with Gasteiger partial charge in [0.25, 0.3) is 0 Å². The molecular formula is C22H20. The quantitative estimate of drug-likeness (QED) is 0.539. The molecule has 3 aromatic rings. The van der Waals surface area contributed by atoms with Crippen molar-refractivity contribution >= 4 is 6.08 Å².